The molecule has 1 aromatic heterocycles. The average molecular weight is 233 g/mol. The van der Waals surface area contributed by atoms with Crippen LogP contribution in [0.5, 0.6) is 0 Å². The van der Waals surface area contributed by atoms with Crippen molar-refractivity contribution >= 4 is 17.5 Å². The van der Waals surface area contributed by atoms with Gasteiger partial charge in [-0.05, 0) is 18.6 Å². The molecule has 5 nitrogen and oxygen atoms in total. The first kappa shape index (κ1) is 11.6. The highest BCUT2D eigenvalue weighted by atomic mass is 16.2. The van der Waals surface area contributed by atoms with E-state index in [2.05, 4.69) is 10.3 Å². The summed E-state index contributed by atoms with van der Waals surface area (Å²) in [5.41, 5.74) is 0.773. The molecule has 0 aromatic carbocycles. The van der Waals surface area contributed by atoms with Crippen LogP contribution in [-0.4, -0.2) is 30.4 Å². The second-order valence-corrected chi connectivity index (χ2v) is 4.15. The Kier molecular flexibility index (Phi) is 3.37. The number of hydrogen-bond donors (Lipinski definition) is 1. The van der Waals surface area contributed by atoms with Gasteiger partial charge in [-0.25, -0.2) is 0 Å². The number of hydrogen-bond acceptors (Lipinski definition) is 3. The van der Waals surface area contributed by atoms with Crippen molar-refractivity contribution in [1.82, 2.24) is 10.3 Å². The van der Waals surface area contributed by atoms with Crippen LogP contribution in [0.25, 0.3) is 0 Å². The molecule has 1 saturated heterocycles. The van der Waals surface area contributed by atoms with E-state index < -0.39 is 0 Å². The van der Waals surface area contributed by atoms with Crippen molar-refractivity contribution in [3.63, 3.8) is 0 Å². The van der Waals surface area contributed by atoms with E-state index in [1.165, 1.54) is 0 Å². The summed E-state index contributed by atoms with van der Waals surface area (Å²) in [7, 11) is 1.73. The van der Waals surface area contributed by atoms with Gasteiger partial charge in [0.2, 0.25) is 11.8 Å². The summed E-state index contributed by atoms with van der Waals surface area (Å²) in [6.07, 6.45) is 4.37. The van der Waals surface area contributed by atoms with Gasteiger partial charge in [-0.2, -0.15) is 0 Å². The maximum atomic E-state index is 12.2. The molecule has 2 heterocycles. The van der Waals surface area contributed by atoms with Crippen molar-refractivity contribution in [2.45, 2.75) is 12.8 Å². The fourth-order valence-corrected chi connectivity index (χ4v) is 1.90. The number of amides is 2. The molecule has 1 aliphatic rings. The Bertz CT molecular complexity index is 409. The smallest absolute Gasteiger partial charge is 0.231 e. The van der Waals surface area contributed by atoms with Gasteiger partial charge < -0.3 is 10.2 Å². The van der Waals surface area contributed by atoms with Crippen LogP contribution in [0.4, 0.5) is 5.69 Å². The summed E-state index contributed by atoms with van der Waals surface area (Å²) in [4.78, 5) is 28.8. The molecule has 1 fully saturated rings. The van der Waals surface area contributed by atoms with Crippen molar-refractivity contribution in [2.24, 2.45) is 5.92 Å². The molecule has 0 bridgehead atoms. The number of anilines is 1. The Morgan fingerprint density at radius 2 is 2.41 bits per heavy atom. The Hall–Kier alpha value is -1.91. The minimum absolute atomic E-state index is 0.0259. The first-order valence-electron chi connectivity index (χ1n) is 5.63. The molecule has 2 amide bonds. The molecule has 17 heavy (non-hydrogen) atoms. The predicted octanol–water partition coefficient (Wildman–Crippen LogP) is 0.571. The van der Waals surface area contributed by atoms with E-state index >= 15 is 0 Å². The largest absolute Gasteiger partial charge is 0.355 e. The number of nitrogens with zero attached hydrogens (tertiary/aromatic N) is 2. The molecule has 90 valence electrons. The lowest BCUT2D eigenvalue weighted by molar-refractivity contribution is -0.127. The molecule has 1 atom stereocenters. The van der Waals surface area contributed by atoms with Crippen molar-refractivity contribution < 1.29 is 9.59 Å². The lowest BCUT2D eigenvalue weighted by atomic mass is 9.97. The number of carbonyl (C=O) groups excluding carboxylic acids is 2. The standard InChI is InChI=1S/C12H15N3O2/c1-15(10-3-2-6-13-8-10)12(17)9-4-5-11(16)14-7-9/h2-3,6,8-9H,4-5,7H2,1H3,(H,14,16). The van der Waals surface area contributed by atoms with Crippen LogP contribution in [-0.2, 0) is 9.59 Å². The highest BCUT2D eigenvalue weighted by Crippen LogP contribution is 2.17. The van der Waals surface area contributed by atoms with Crippen molar-refractivity contribution in [3.05, 3.63) is 24.5 Å². The fraction of sp³-hybridized carbons (Fsp3) is 0.417. The van der Waals surface area contributed by atoms with Gasteiger partial charge in [0.25, 0.3) is 0 Å². The van der Waals surface area contributed by atoms with E-state index in [4.69, 9.17) is 0 Å². The van der Waals surface area contributed by atoms with Gasteiger partial charge in [0.05, 0.1) is 17.8 Å². The number of pyridine rings is 1. The average Bonchev–Trinajstić information content (AvgIpc) is 2.39. The molecule has 1 aliphatic heterocycles. The summed E-state index contributed by atoms with van der Waals surface area (Å²) in [6, 6.07) is 3.63. The Morgan fingerprint density at radius 3 is 3.00 bits per heavy atom. The molecule has 0 spiro atoms. The van der Waals surface area contributed by atoms with Crippen molar-refractivity contribution in [1.29, 1.82) is 0 Å². The zero-order chi connectivity index (χ0) is 12.3. The number of nitrogens with one attached hydrogen (secondary N) is 1. The van der Waals surface area contributed by atoms with Crippen LogP contribution < -0.4 is 10.2 Å². The Labute approximate surface area is 99.8 Å². The van der Waals surface area contributed by atoms with Crippen LogP contribution >= 0.6 is 0 Å². The summed E-state index contributed by atoms with van der Waals surface area (Å²) in [5, 5.41) is 2.72. The molecule has 1 unspecified atom stereocenters. The Morgan fingerprint density at radius 1 is 1.59 bits per heavy atom. The van der Waals surface area contributed by atoms with Crippen LogP contribution in [0, 0.1) is 5.92 Å². The molecule has 0 radical (unpaired) electrons. The van der Waals surface area contributed by atoms with Gasteiger partial charge in [-0.1, -0.05) is 0 Å². The monoisotopic (exact) mass is 233 g/mol. The molecule has 1 aromatic rings. The maximum absolute atomic E-state index is 12.2. The normalized spacial score (nSPS) is 19.6. The fourth-order valence-electron chi connectivity index (χ4n) is 1.90. The topological polar surface area (TPSA) is 62.3 Å². The second kappa shape index (κ2) is 4.95. The summed E-state index contributed by atoms with van der Waals surface area (Å²) in [6.45, 7) is 0.433. The zero-order valence-electron chi connectivity index (χ0n) is 9.72. The van der Waals surface area contributed by atoms with Crippen molar-refractivity contribution in [3.8, 4) is 0 Å². The van der Waals surface area contributed by atoms with E-state index in [-0.39, 0.29) is 17.7 Å². The van der Waals surface area contributed by atoms with Crippen LogP contribution in [0.15, 0.2) is 24.5 Å². The van der Waals surface area contributed by atoms with Gasteiger partial charge in [0, 0.05) is 26.2 Å². The van der Waals surface area contributed by atoms with Crippen molar-refractivity contribution in [2.75, 3.05) is 18.5 Å². The highest BCUT2D eigenvalue weighted by molar-refractivity contribution is 5.95. The lowest BCUT2D eigenvalue weighted by Gasteiger charge is -2.26. The van der Waals surface area contributed by atoms with Gasteiger partial charge in [0.15, 0.2) is 0 Å². The number of rotatable bonds is 2. The van der Waals surface area contributed by atoms with Crippen LogP contribution in [0.2, 0.25) is 0 Å². The minimum atomic E-state index is -0.127. The van der Waals surface area contributed by atoms with Crippen LogP contribution in [0.3, 0.4) is 0 Å². The van der Waals surface area contributed by atoms with E-state index in [0.717, 1.165) is 5.69 Å². The van der Waals surface area contributed by atoms with E-state index in [9.17, 15) is 9.59 Å². The quantitative estimate of drug-likeness (QED) is 0.812. The van der Waals surface area contributed by atoms with E-state index in [0.29, 0.717) is 19.4 Å². The molecule has 0 saturated carbocycles. The second-order valence-electron chi connectivity index (χ2n) is 4.15. The maximum Gasteiger partial charge on any atom is 0.231 e. The van der Waals surface area contributed by atoms with Gasteiger partial charge in [-0.3, -0.25) is 14.6 Å². The molecule has 2 rings (SSSR count). The number of piperidine rings is 1. The highest BCUT2D eigenvalue weighted by Gasteiger charge is 2.27. The molecule has 0 aliphatic carbocycles. The molecular weight excluding hydrogens is 218 g/mol. The van der Waals surface area contributed by atoms with E-state index in [1.54, 1.807) is 30.4 Å². The third kappa shape index (κ3) is 2.61. The first-order valence-corrected chi connectivity index (χ1v) is 5.63. The summed E-state index contributed by atoms with van der Waals surface area (Å²) < 4.78 is 0. The third-order valence-electron chi connectivity index (χ3n) is 2.98. The Balaban J connectivity index is 2.03. The zero-order valence-corrected chi connectivity index (χ0v) is 9.72. The number of aromatic nitrogens is 1. The van der Waals surface area contributed by atoms with E-state index in [1.807, 2.05) is 6.07 Å². The molecular formula is C12H15N3O2. The SMILES string of the molecule is CN(C(=O)C1CCC(=O)NC1)c1cccnc1. The van der Waals surface area contributed by atoms with Gasteiger partial charge in [-0.15, -0.1) is 0 Å². The van der Waals surface area contributed by atoms with Crippen LogP contribution in [0.1, 0.15) is 12.8 Å². The van der Waals surface area contributed by atoms with Gasteiger partial charge in [0.1, 0.15) is 0 Å². The lowest BCUT2D eigenvalue weighted by Crippen LogP contribution is -2.43. The first-order chi connectivity index (χ1) is 8.18. The van der Waals surface area contributed by atoms with Gasteiger partial charge >= 0.3 is 0 Å². The number of carbonyl (C=O) groups is 2. The summed E-state index contributed by atoms with van der Waals surface area (Å²) in [5.74, 6) is -0.0750. The molecule has 1 N–H and O–H groups in total. The predicted molar refractivity (Wildman–Crippen MR) is 63.4 cm³/mol. The third-order valence-corrected chi connectivity index (χ3v) is 2.98. The minimum Gasteiger partial charge on any atom is -0.355 e. The summed E-state index contributed by atoms with van der Waals surface area (Å²) >= 11 is 0. The molecule has 5 heteroatoms.